The molecule has 0 radical (unpaired) electrons. The third-order valence-electron chi connectivity index (χ3n) is 6.13. The van der Waals surface area contributed by atoms with Crippen molar-refractivity contribution in [3.05, 3.63) is 93.4 Å². The Hall–Kier alpha value is -3.09. The Morgan fingerprint density at radius 2 is 1.66 bits per heavy atom. The minimum Gasteiger partial charge on any atom is -0.354 e. The van der Waals surface area contributed by atoms with Crippen LogP contribution in [0, 0.1) is 0 Å². The van der Waals surface area contributed by atoms with Gasteiger partial charge in [-0.05, 0) is 61.4 Å². The van der Waals surface area contributed by atoms with Gasteiger partial charge in [0.1, 0.15) is 12.6 Å². The number of carbonyl (C=O) groups excluding carboxylic acids is 2. The van der Waals surface area contributed by atoms with E-state index in [1.165, 1.54) is 36.1 Å². The number of sulfonamides is 1. The molecule has 2 amide bonds. The summed E-state index contributed by atoms with van der Waals surface area (Å²) in [6.07, 6.45) is -4.15. The maximum atomic E-state index is 13.9. The van der Waals surface area contributed by atoms with Crippen LogP contribution < -0.4 is 9.62 Å². The van der Waals surface area contributed by atoms with Gasteiger partial charge in [-0.15, -0.1) is 0 Å². The van der Waals surface area contributed by atoms with Crippen LogP contribution in [0.25, 0.3) is 0 Å². The highest BCUT2D eigenvalue weighted by atomic mass is 79.9. The maximum Gasteiger partial charge on any atom is 0.416 e. The lowest BCUT2D eigenvalue weighted by molar-refractivity contribution is -0.139. The summed E-state index contributed by atoms with van der Waals surface area (Å²) in [4.78, 5) is 27.7. The van der Waals surface area contributed by atoms with Crippen molar-refractivity contribution >= 4 is 55.1 Å². The van der Waals surface area contributed by atoms with Crippen molar-refractivity contribution in [3.8, 4) is 0 Å². The molecule has 0 heterocycles. The number of alkyl halides is 3. The van der Waals surface area contributed by atoms with Crippen LogP contribution >= 0.6 is 27.5 Å². The van der Waals surface area contributed by atoms with Crippen LogP contribution in [0.4, 0.5) is 18.9 Å². The lowest BCUT2D eigenvalue weighted by Crippen LogP contribution is -2.51. The zero-order chi connectivity index (χ0) is 30.4. The standard InChI is InChI=1S/C28H28BrClF3N3O4S/c1-3-15-34-27(38)19(2)35(17-20-9-12-22(29)13-10-20)26(37)18-36(41(39,40)23-7-5-4-6-8-23)25-16-21(28(31,32)33)11-14-24(25)30/h4-14,16,19H,3,15,17-18H2,1-2H3,(H,34,38)/t19-/m0/s1. The Labute approximate surface area is 250 Å². The monoisotopic (exact) mass is 673 g/mol. The summed E-state index contributed by atoms with van der Waals surface area (Å²) in [5, 5.41) is 2.41. The van der Waals surface area contributed by atoms with Crippen LogP contribution in [-0.2, 0) is 32.3 Å². The normalized spacial score (nSPS) is 12.5. The fourth-order valence-corrected chi connectivity index (χ4v) is 5.86. The molecule has 0 aliphatic carbocycles. The van der Waals surface area contributed by atoms with Crippen molar-refractivity contribution in [2.24, 2.45) is 0 Å². The molecule has 0 aliphatic rings. The van der Waals surface area contributed by atoms with Gasteiger partial charge >= 0.3 is 6.18 Å². The lowest BCUT2D eigenvalue weighted by Gasteiger charge is -2.32. The molecule has 0 spiro atoms. The third-order valence-corrected chi connectivity index (χ3v) is 8.76. The summed E-state index contributed by atoms with van der Waals surface area (Å²) < 4.78 is 69.7. The Morgan fingerprint density at radius 3 is 2.24 bits per heavy atom. The van der Waals surface area contributed by atoms with Crippen LogP contribution in [0.5, 0.6) is 0 Å². The summed E-state index contributed by atoms with van der Waals surface area (Å²) in [7, 11) is -4.58. The predicted octanol–water partition coefficient (Wildman–Crippen LogP) is 6.26. The van der Waals surface area contributed by atoms with E-state index in [-0.39, 0.29) is 16.5 Å². The van der Waals surface area contributed by atoms with Gasteiger partial charge in [-0.2, -0.15) is 13.2 Å². The zero-order valence-corrected chi connectivity index (χ0v) is 25.3. The van der Waals surface area contributed by atoms with Gasteiger partial charge in [-0.3, -0.25) is 13.9 Å². The molecule has 0 aromatic heterocycles. The quantitative estimate of drug-likeness (QED) is 0.260. The minimum absolute atomic E-state index is 0.0671. The molecule has 0 saturated heterocycles. The number of halogens is 5. The molecule has 0 saturated carbocycles. The fourth-order valence-electron chi connectivity index (χ4n) is 3.88. The van der Waals surface area contributed by atoms with Crippen molar-refractivity contribution < 1.29 is 31.2 Å². The fraction of sp³-hybridized carbons (Fsp3) is 0.286. The number of carbonyl (C=O) groups is 2. The van der Waals surface area contributed by atoms with Crippen molar-refractivity contribution in [1.82, 2.24) is 10.2 Å². The smallest absolute Gasteiger partial charge is 0.354 e. The van der Waals surface area contributed by atoms with Crippen LogP contribution in [0.2, 0.25) is 5.02 Å². The molecule has 3 aromatic carbocycles. The molecular formula is C28H28BrClF3N3O4S. The number of rotatable bonds is 11. The van der Waals surface area contributed by atoms with E-state index >= 15 is 0 Å². The minimum atomic E-state index is -4.80. The Bertz CT molecular complexity index is 1470. The highest BCUT2D eigenvalue weighted by molar-refractivity contribution is 9.10. The Balaban J connectivity index is 2.11. The van der Waals surface area contributed by atoms with Crippen molar-refractivity contribution in [1.29, 1.82) is 0 Å². The molecule has 0 bridgehead atoms. The first kappa shape index (κ1) is 32.4. The largest absolute Gasteiger partial charge is 0.416 e. The highest BCUT2D eigenvalue weighted by Crippen LogP contribution is 2.37. The highest BCUT2D eigenvalue weighted by Gasteiger charge is 2.36. The average molecular weight is 675 g/mol. The first-order valence-electron chi connectivity index (χ1n) is 12.5. The molecule has 0 aliphatic heterocycles. The van der Waals surface area contributed by atoms with Crippen LogP contribution in [0.1, 0.15) is 31.4 Å². The van der Waals surface area contributed by atoms with Crippen molar-refractivity contribution in [3.63, 3.8) is 0 Å². The van der Waals surface area contributed by atoms with E-state index in [2.05, 4.69) is 21.2 Å². The topological polar surface area (TPSA) is 86.8 Å². The van der Waals surface area contributed by atoms with Crippen molar-refractivity contribution in [2.45, 2.75) is 43.9 Å². The lowest BCUT2D eigenvalue weighted by atomic mass is 10.1. The SMILES string of the molecule is CCCNC(=O)[C@H](C)N(Cc1ccc(Br)cc1)C(=O)CN(c1cc(C(F)(F)F)ccc1Cl)S(=O)(=O)c1ccccc1. The van der Waals surface area contributed by atoms with Gasteiger partial charge in [0.05, 0.1) is 21.2 Å². The second kappa shape index (κ2) is 13.7. The van der Waals surface area contributed by atoms with E-state index in [0.29, 0.717) is 28.9 Å². The van der Waals surface area contributed by atoms with Crippen LogP contribution in [0.3, 0.4) is 0 Å². The predicted molar refractivity (Wildman–Crippen MR) is 155 cm³/mol. The zero-order valence-electron chi connectivity index (χ0n) is 22.2. The van der Waals surface area contributed by atoms with E-state index in [4.69, 9.17) is 11.6 Å². The van der Waals surface area contributed by atoms with Gasteiger partial charge in [-0.25, -0.2) is 8.42 Å². The van der Waals surface area contributed by atoms with Gasteiger partial charge in [0.15, 0.2) is 0 Å². The first-order chi connectivity index (χ1) is 19.3. The van der Waals surface area contributed by atoms with Gasteiger partial charge in [0, 0.05) is 17.6 Å². The summed E-state index contributed by atoms with van der Waals surface area (Å²) in [5.74, 6) is -1.29. The summed E-state index contributed by atoms with van der Waals surface area (Å²) >= 11 is 9.59. The molecule has 1 N–H and O–H groups in total. The molecule has 1 atom stereocenters. The maximum absolute atomic E-state index is 13.9. The molecule has 0 unspecified atom stereocenters. The summed E-state index contributed by atoms with van der Waals surface area (Å²) in [6.45, 7) is 2.73. The van der Waals surface area contributed by atoms with Gasteiger partial charge in [-0.1, -0.05) is 64.8 Å². The first-order valence-corrected chi connectivity index (χ1v) is 15.1. The summed E-state index contributed by atoms with van der Waals surface area (Å²) in [5.41, 5.74) is -1.02. The number of nitrogens with zero attached hydrogens (tertiary/aromatic N) is 2. The second-order valence-corrected chi connectivity index (χ2v) is 12.3. The number of hydrogen-bond acceptors (Lipinski definition) is 4. The number of nitrogens with one attached hydrogen (secondary N) is 1. The van der Waals surface area contributed by atoms with Gasteiger partial charge < -0.3 is 10.2 Å². The number of hydrogen-bond donors (Lipinski definition) is 1. The molecular weight excluding hydrogens is 647 g/mol. The van der Waals surface area contributed by atoms with E-state index in [1.807, 2.05) is 6.92 Å². The summed E-state index contributed by atoms with van der Waals surface area (Å²) in [6, 6.07) is 15.1. The molecule has 220 valence electrons. The third kappa shape index (κ3) is 8.23. The second-order valence-electron chi connectivity index (χ2n) is 9.10. The van der Waals surface area contributed by atoms with Crippen molar-refractivity contribution in [2.75, 3.05) is 17.4 Å². The van der Waals surface area contributed by atoms with Crippen LogP contribution in [-0.4, -0.2) is 44.3 Å². The Kier molecular flexibility index (Phi) is 10.8. The van der Waals surface area contributed by atoms with E-state index < -0.39 is 51.9 Å². The molecule has 41 heavy (non-hydrogen) atoms. The molecule has 3 rings (SSSR count). The average Bonchev–Trinajstić information content (AvgIpc) is 2.94. The van der Waals surface area contributed by atoms with Crippen LogP contribution in [0.15, 0.2) is 82.2 Å². The number of amides is 2. The van der Waals surface area contributed by atoms with Gasteiger partial charge in [0.2, 0.25) is 11.8 Å². The number of anilines is 1. The van der Waals surface area contributed by atoms with E-state index in [9.17, 15) is 31.2 Å². The molecule has 0 fully saturated rings. The number of benzene rings is 3. The molecule has 7 nitrogen and oxygen atoms in total. The van der Waals surface area contributed by atoms with E-state index in [1.54, 1.807) is 30.3 Å². The molecule has 3 aromatic rings. The van der Waals surface area contributed by atoms with Gasteiger partial charge in [0.25, 0.3) is 10.0 Å². The Morgan fingerprint density at radius 1 is 1.02 bits per heavy atom. The molecule has 13 heteroatoms. The van der Waals surface area contributed by atoms with E-state index in [0.717, 1.165) is 16.6 Å².